The summed E-state index contributed by atoms with van der Waals surface area (Å²) in [4.78, 5) is 11.6. The van der Waals surface area contributed by atoms with Crippen LogP contribution in [-0.2, 0) is 20.6 Å². The Kier molecular flexibility index (Phi) is 3.73. The molecule has 1 N–H and O–H groups in total. The largest absolute Gasteiger partial charge is 0.443 e. The fraction of sp³-hybridized carbons (Fsp3) is 0.167. The van der Waals surface area contributed by atoms with Crippen molar-refractivity contribution in [3.05, 3.63) is 22.4 Å². The lowest BCUT2D eigenvalue weighted by Crippen LogP contribution is -2.27. The molecule has 1 heterocycles. The number of carbonyl (C=O) groups excluding carboxylic acids is 1. The SMILES string of the molecule is O=C(NS(=O)(=O)Cl)OCc1cccs1. The molecule has 1 aromatic heterocycles. The van der Waals surface area contributed by atoms with E-state index in [0.717, 1.165) is 4.88 Å². The van der Waals surface area contributed by atoms with Crippen molar-refractivity contribution in [1.29, 1.82) is 0 Å². The highest BCUT2D eigenvalue weighted by atomic mass is 35.7. The number of amides is 1. The molecule has 0 aliphatic rings. The molecule has 0 aliphatic carbocycles. The summed E-state index contributed by atoms with van der Waals surface area (Å²) >= 11 is 1.40. The molecular formula is C6H6ClNO4S2. The van der Waals surface area contributed by atoms with Gasteiger partial charge >= 0.3 is 15.3 Å². The molecule has 0 saturated heterocycles. The second-order valence-corrected chi connectivity index (χ2v) is 5.53. The molecular weight excluding hydrogens is 250 g/mol. The van der Waals surface area contributed by atoms with E-state index in [9.17, 15) is 13.2 Å². The molecule has 78 valence electrons. The van der Waals surface area contributed by atoms with E-state index in [-0.39, 0.29) is 6.61 Å². The van der Waals surface area contributed by atoms with Gasteiger partial charge in [0, 0.05) is 15.6 Å². The number of thiophene rings is 1. The molecule has 5 nitrogen and oxygen atoms in total. The van der Waals surface area contributed by atoms with Crippen LogP contribution in [0.3, 0.4) is 0 Å². The number of halogens is 1. The van der Waals surface area contributed by atoms with Gasteiger partial charge in [-0.05, 0) is 11.4 Å². The van der Waals surface area contributed by atoms with Crippen molar-refractivity contribution < 1.29 is 17.9 Å². The smallest absolute Gasteiger partial charge is 0.422 e. The van der Waals surface area contributed by atoms with E-state index in [1.165, 1.54) is 16.1 Å². The predicted octanol–water partition coefficient (Wildman–Crippen LogP) is 1.46. The molecule has 8 heteroatoms. The average molecular weight is 256 g/mol. The molecule has 0 aromatic carbocycles. The van der Waals surface area contributed by atoms with Crippen molar-refractivity contribution >= 4 is 37.3 Å². The highest BCUT2D eigenvalue weighted by molar-refractivity contribution is 8.12. The molecule has 1 aromatic rings. The summed E-state index contributed by atoms with van der Waals surface area (Å²) in [6.45, 7) is 0.0237. The lowest BCUT2D eigenvalue weighted by molar-refractivity contribution is 0.147. The van der Waals surface area contributed by atoms with Gasteiger partial charge in [0.05, 0.1) is 0 Å². The molecule has 0 bridgehead atoms. The van der Waals surface area contributed by atoms with Crippen LogP contribution in [0.15, 0.2) is 17.5 Å². The number of rotatable bonds is 3. The number of hydrogen-bond acceptors (Lipinski definition) is 5. The number of carbonyl (C=O) groups is 1. The molecule has 0 radical (unpaired) electrons. The summed E-state index contributed by atoms with van der Waals surface area (Å²) in [6.07, 6.45) is -1.09. The summed E-state index contributed by atoms with van der Waals surface area (Å²) in [6, 6.07) is 3.55. The Bertz CT molecular complexity index is 399. The maximum absolute atomic E-state index is 10.8. The normalized spacial score (nSPS) is 10.9. The molecule has 0 fully saturated rings. The second kappa shape index (κ2) is 4.63. The highest BCUT2D eigenvalue weighted by Gasteiger charge is 2.11. The fourth-order valence-corrected chi connectivity index (χ4v) is 1.72. The van der Waals surface area contributed by atoms with Crippen LogP contribution in [0.25, 0.3) is 0 Å². The van der Waals surface area contributed by atoms with E-state index in [0.29, 0.717) is 0 Å². The van der Waals surface area contributed by atoms with E-state index >= 15 is 0 Å². The maximum Gasteiger partial charge on any atom is 0.422 e. The van der Waals surface area contributed by atoms with Crippen molar-refractivity contribution in [3.8, 4) is 0 Å². The average Bonchev–Trinajstić information content (AvgIpc) is 2.49. The summed E-state index contributed by atoms with van der Waals surface area (Å²) in [5.41, 5.74) is 0. The minimum Gasteiger partial charge on any atom is -0.443 e. The molecule has 0 unspecified atom stereocenters. The lowest BCUT2D eigenvalue weighted by atomic mass is 10.5. The first-order valence-corrected chi connectivity index (χ1v) is 6.58. The Labute approximate surface area is 89.2 Å². The van der Waals surface area contributed by atoms with Gasteiger partial charge in [-0.15, -0.1) is 11.3 Å². The van der Waals surface area contributed by atoms with Crippen LogP contribution in [0.4, 0.5) is 4.79 Å². The van der Waals surface area contributed by atoms with E-state index < -0.39 is 15.3 Å². The maximum atomic E-state index is 10.8. The van der Waals surface area contributed by atoms with Gasteiger partial charge in [0.2, 0.25) is 0 Å². The predicted molar refractivity (Wildman–Crippen MR) is 52.4 cm³/mol. The Morgan fingerprint density at radius 1 is 1.64 bits per heavy atom. The molecule has 0 spiro atoms. The van der Waals surface area contributed by atoms with E-state index in [2.05, 4.69) is 4.74 Å². The van der Waals surface area contributed by atoms with Crippen LogP contribution in [0.1, 0.15) is 4.88 Å². The zero-order valence-electron chi connectivity index (χ0n) is 6.77. The third-order valence-electron chi connectivity index (χ3n) is 1.13. The van der Waals surface area contributed by atoms with Crippen LogP contribution < -0.4 is 4.72 Å². The van der Waals surface area contributed by atoms with Crippen LogP contribution >= 0.6 is 22.0 Å². The fourth-order valence-electron chi connectivity index (χ4n) is 0.660. The van der Waals surface area contributed by atoms with Gasteiger partial charge in [0.1, 0.15) is 6.61 Å². The summed E-state index contributed by atoms with van der Waals surface area (Å²) in [5.74, 6) is 0. The van der Waals surface area contributed by atoms with Crippen molar-refractivity contribution in [2.24, 2.45) is 0 Å². The van der Waals surface area contributed by atoms with Crippen molar-refractivity contribution in [2.75, 3.05) is 0 Å². The topological polar surface area (TPSA) is 72.5 Å². The number of ether oxygens (including phenoxy) is 1. The monoisotopic (exact) mass is 255 g/mol. The Hall–Kier alpha value is -0.790. The Balaban J connectivity index is 2.36. The van der Waals surface area contributed by atoms with Crippen LogP contribution in [-0.4, -0.2) is 14.5 Å². The first-order chi connectivity index (χ1) is 6.47. The number of hydrogen-bond donors (Lipinski definition) is 1. The summed E-state index contributed by atoms with van der Waals surface area (Å²) < 4.78 is 26.7. The lowest BCUT2D eigenvalue weighted by Gasteiger charge is -2.01. The molecule has 14 heavy (non-hydrogen) atoms. The first kappa shape index (κ1) is 11.3. The van der Waals surface area contributed by atoms with Gasteiger partial charge in [-0.2, -0.15) is 8.42 Å². The highest BCUT2D eigenvalue weighted by Crippen LogP contribution is 2.09. The zero-order chi connectivity index (χ0) is 10.6. The second-order valence-electron chi connectivity index (χ2n) is 2.20. The molecule has 0 aliphatic heterocycles. The summed E-state index contributed by atoms with van der Waals surface area (Å²) in [7, 11) is 0.688. The molecule has 0 saturated carbocycles. The van der Waals surface area contributed by atoms with Crippen LogP contribution in [0.2, 0.25) is 0 Å². The first-order valence-electron chi connectivity index (χ1n) is 3.39. The van der Waals surface area contributed by atoms with Crippen LogP contribution in [0.5, 0.6) is 0 Å². The third kappa shape index (κ3) is 4.45. The van der Waals surface area contributed by atoms with Gasteiger partial charge in [-0.3, -0.25) is 0 Å². The minimum absolute atomic E-state index is 0.0237. The summed E-state index contributed by atoms with van der Waals surface area (Å²) in [5, 5.41) is 1.81. The molecule has 1 rings (SSSR count). The van der Waals surface area contributed by atoms with Crippen molar-refractivity contribution in [2.45, 2.75) is 6.61 Å². The molecule has 1 amide bonds. The van der Waals surface area contributed by atoms with Crippen LogP contribution in [0, 0.1) is 0 Å². The van der Waals surface area contributed by atoms with E-state index in [4.69, 9.17) is 10.7 Å². The van der Waals surface area contributed by atoms with Gasteiger partial charge in [0.15, 0.2) is 0 Å². The van der Waals surface area contributed by atoms with E-state index in [1.807, 2.05) is 5.38 Å². The standard InChI is InChI=1S/C6H6ClNO4S2/c7-14(10,11)8-6(9)12-4-5-2-1-3-13-5/h1-3H,4H2,(H,8,9). The van der Waals surface area contributed by atoms with Gasteiger partial charge in [-0.1, -0.05) is 6.07 Å². The van der Waals surface area contributed by atoms with E-state index in [1.54, 1.807) is 12.1 Å². The van der Waals surface area contributed by atoms with Gasteiger partial charge in [0.25, 0.3) is 0 Å². The Morgan fingerprint density at radius 2 is 2.36 bits per heavy atom. The zero-order valence-corrected chi connectivity index (χ0v) is 9.16. The van der Waals surface area contributed by atoms with Gasteiger partial charge in [-0.25, -0.2) is 9.52 Å². The minimum atomic E-state index is -4.06. The van der Waals surface area contributed by atoms with Gasteiger partial charge < -0.3 is 4.74 Å². The quantitative estimate of drug-likeness (QED) is 0.830. The molecule has 0 atom stereocenters. The number of nitrogens with one attached hydrogen (secondary N) is 1. The van der Waals surface area contributed by atoms with Crippen molar-refractivity contribution in [1.82, 2.24) is 4.72 Å². The van der Waals surface area contributed by atoms with Crippen molar-refractivity contribution in [3.63, 3.8) is 0 Å². The third-order valence-corrected chi connectivity index (χ3v) is 2.62. The Morgan fingerprint density at radius 3 is 2.86 bits per heavy atom.